The number of hydrogen-bond acceptors (Lipinski definition) is 6. The third-order valence-corrected chi connectivity index (χ3v) is 6.33. The third kappa shape index (κ3) is 5.76. The minimum atomic E-state index is -0.266. The smallest absolute Gasteiger partial charge is 0.273 e. The zero-order valence-electron chi connectivity index (χ0n) is 19.1. The van der Waals surface area contributed by atoms with Crippen molar-refractivity contribution in [3.63, 3.8) is 0 Å². The van der Waals surface area contributed by atoms with Crippen LogP contribution in [0.3, 0.4) is 0 Å². The molecule has 1 unspecified atom stereocenters. The lowest BCUT2D eigenvalue weighted by molar-refractivity contribution is -0.121. The number of nitrogens with one attached hydrogen (secondary N) is 1. The maximum Gasteiger partial charge on any atom is 0.273 e. The van der Waals surface area contributed by atoms with E-state index in [1.54, 1.807) is 22.5 Å². The van der Waals surface area contributed by atoms with Crippen LogP contribution >= 0.6 is 11.3 Å². The standard InChI is InChI=1S/C25H28N4O3S/c1-16(2)32-20-9-7-18(8-10-20)24-27-21(15-33-24)25(31)29-12-4-5-19(14-29)23(30)28-22-11-6-17(3)13-26-22/h6-11,13,15-16,19H,4-5,12,14H2,1-3H3,(H,26,28,30). The molecule has 0 saturated carbocycles. The van der Waals surface area contributed by atoms with Gasteiger partial charge in [-0.1, -0.05) is 6.07 Å². The van der Waals surface area contributed by atoms with Gasteiger partial charge in [-0.2, -0.15) is 0 Å². The number of nitrogens with zero attached hydrogens (tertiary/aromatic N) is 3. The van der Waals surface area contributed by atoms with Gasteiger partial charge >= 0.3 is 0 Å². The summed E-state index contributed by atoms with van der Waals surface area (Å²) in [5.74, 6) is 0.829. The average molecular weight is 465 g/mol. The second-order valence-electron chi connectivity index (χ2n) is 8.53. The molecule has 3 aromatic rings. The molecule has 1 saturated heterocycles. The van der Waals surface area contributed by atoms with E-state index in [1.807, 2.05) is 51.1 Å². The van der Waals surface area contributed by atoms with Gasteiger partial charge < -0.3 is 15.0 Å². The van der Waals surface area contributed by atoms with Crippen LogP contribution in [0.25, 0.3) is 10.6 Å². The number of amides is 2. The number of aromatic nitrogens is 2. The van der Waals surface area contributed by atoms with Crippen molar-refractivity contribution in [1.29, 1.82) is 0 Å². The number of rotatable bonds is 6. The van der Waals surface area contributed by atoms with E-state index in [9.17, 15) is 9.59 Å². The van der Waals surface area contributed by atoms with E-state index in [2.05, 4.69) is 15.3 Å². The summed E-state index contributed by atoms with van der Waals surface area (Å²) >= 11 is 1.44. The Morgan fingerprint density at radius 1 is 1.18 bits per heavy atom. The van der Waals surface area contributed by atoms with Crippen molar-refractivity contribution in [2.24, 2.45) is 5.92 Å². The predicted octanol–water partition coefficient (Wildman–Crippen LogP) is 4.79. The number of ether oxygens (including phenoxy) is 1. The molecule has 0 bridgehead atoms. The van der Waals surface area contributed by atoms with Crippen LogP contribution in [0.4, 0.5) is 5.82 Å². The number of thiazole rings is 1. The summed E-state index contributed by atoms with van der Waals surface area (Å²) in [5.41, 5.74) is 2.39. The lowest BCUT2D eigenvalue weighted by Gasteiger charge is -2.31. The van der Waals surface area contributed by atoms with E-state index in [0.717, 1.165) is 34.7 Å². The fraction of sp³-hybridized carbons (Fsp3) is 0.360. The van der Waals surface area contributed by atoms with E-state index in [0.29, 0.717) is 24.6 Å². The number of benzene rings is 1. The van der Waals surface area contributed by atoms with Gasteiger partial charge in [0.1, 0.15) is 22.3 Å². The summed E-state index contributed by atoms with van der Waals surface area (Å²) in [6, 6.07) is 11.4. The fourth-order valence-corrected chi connectivity index (χ4v) is 4.56. The van der Waals surface area contributed by atoms with E-state index in [-0.39, 0.29) is 23.8 Å². The Balaban J connectivity index is 1.39. The van der Waals surface area contributed by atoms with Gasteiger partial charge in [-0.05, 0) is 69.5 Å². The van der Waals surface area contributed by atoms with Crippen molar-refractivity contribution < 1.29 is 14.3 Å². The largest absolute Gasteiger partial charge is 0.491 e. The van der Waals surface area contributed by atoms with Crippen LogP contribution < -0.4 is 10.1 Å². The Morgan fingerprint density at radius 2 is 1.97 bits per heavy atom. The lowest BCUT2D eigenvalue weighted by atomic mass is 9.97. The Morgan fingerprint density at radius 3 is 2.67 bits per heavy atom. The summed E-state index contributed by atoms with van der Waals surface area (Å²) in [6.45, 7) is 6.93. The van der Waals surface area contributed by atoms with Crippen molar-refractivity contribution in [2.45, 2.75) is 39.7 Å². The van der Waals surface area contributed by atoms with Crippen molar-refractivity contribution in [3.8, 4) is 16.3 Å². The van der Waals surface area contributed by atoms with Crippen LogP contribution in [-0.2, 0) is 4.79 Å². The number of pyridine rings is 1. The Labute approximate surface area is 197 Å². The van der Waals surface area contributed by atoms with Crippen molar-refractivity contribution in [3.05, 3.63) is 59.2 Å². The number of likely N-dealkylation sites (tertiary alicyclic amines) is 1. The van der Waals surface area contributed by atoms with Gasteiger partial charge in [0.2, 0.25) is 5.91 Å². The van der Waals surface area contributed by atoms with Crippen LogP contribution in [0.2, 0.25) is 0 Å². The number of carbonyl (C=O) groups excluding carboxylic acids is 2. The normalized spacial score (nSPS) is 16.0. The van der Waals surface area contributed by atoms with Gasteiger partial charge in [0, 0.05) is 30.2 Å². The molecule has 1 aliphatic heterocycles. The third-order valence-electron chi connectivity index (χ3n) is 5.44. The first kappa shape index (κ1) is 22.9. The molecule has 0 radical (unpaired) electrons. The second kappa shape index (κ2) is 10.1. The summed E-state index contributed by atoms with van der Waals surface area (Å²) in [7, 11) is 0. The van der Waals surface area contributed by atoms with Crippen LogP contribution in [-0.4, -0.2) is 45.9 Å². The zero-order valence-corrected chi connectivity index (χ0v) is 19.9. The highest BCUT2D eigenvalue weighted by atomic mass is 32.1. The molecule has 7 nitrogen and oxygen atoms in total. The highest BCUT2D eigenvalue weighted by Gasteiger charge is 2.30. The maximum atomic E-state index is 13.1. The Kier molecular flexibility index (Phi) is 7.03. The SMILES string of the molecule is Cc1ccc(NC(=O)C2CCCN(C(=O)c3csc(-c4ccc(OC(C)C)cc4)n3)C2)nc1. The first-order valence-corrected chi connectivity index (χ1v) is 12.0. The van der Waals surface area contributed by atoms with Crippen LogP contribution in [0.1, 0.15) is 42.7 Å². The molecule has 33 heavy (non-hydrogen) atoms. The molecule has 0 aliphatic carbocycles. The summed E-state index contributed by atoms with van der Waals surface area (Å²) in [5, 5.41) is 5.44. The number of hydrogen-bond donors (Lipinski definition) is 1. The van der Waals surface area contributed by atoms with E-state index in [1.165, 1.54) is 11.3 Å². The highest BCUT2D eigenvalue weighted by molar-refractivity contribution is 7.13. The van der Waals surface area contributed by atoms with E-state index in [4.69, 9.17) is 4.74 Å². The minimum Gasteiger partial charge on any atom is -0.491 e. The second-order valence-corrected chi connectivity index (χ2v) is 9.39. The number of aryl methyl sites for hydroxylation is 1. The summed E-state index contributed by atoms with van der Waals surface area (Å²) in [6.07, 6.45) is 3.36. The van der Waals surface area contributed by atoms with Gasteiger partial charge in [-0.15, -0.1) is 11.3 Å². The summed E-state index contributed by atoms with van der Waals surface area (Å²) < 4.78 is 5.69. The number of piperidine rings is 1. The van der Waals surface area contributed by atoms with Gasteiger partial charge in [0.25, 0.3) is 5.91 Å². The first-order valence-electron chi connectivity index (χ1n) is 11.1. The number of carbonyl (C=O) groups is 2. The molecule has 8 heteroatoms. The van der Waals surface area contributed by atoms with Gasteiger partial charge in [-0.3, -0.25) is 9.59 Å². The first-order chi connectivity index (χ1) is 15.9. The summed E-state index contributed by atoms with van der Waals surface area (Å²) in [4.78, 5) is 36.4. The monoisotopic (exact) mass is 464 g/mol. The zero-order chi connectivity index (χ0) is 23.4. The highest BCUT2D eigenvalue weighted by Crippen LogP contribution is 2.27. The van der Waals surface area contributed by atoms with Crippen LogP contribution in [0.5, 0.6) is 5.75 Å². The maximum absolute atomic E-state index is 13.1. The molecule has 1 aliphatic rings. The molecule has 1 aromatic carbocycles. The molecule has 1 atom stereocenters. The Bertz CT molecular complexity index is 1110. The molecule has 3 heterocycles. The van der Waals surface area contributed by atoms with Gasteiger partial charge in [-0.25, -0.2) is 9.97 Å². The average Bonchev–Trinajstić information content (AvgIpc) is 3.30. The fourth-order valence-electron chi connectivity index (χ4n) is 3.76. The van der Waals surface area contributed by atoms with Crippen LogP contribution in [0, 0.1) is 12.8 Å². The lowest BCUT2D eigenvalue weighted by Crippen LogP contribution is -2.44. The van der Waals surface area contributed by atoms with Crippen molar-refractivity contribution in [1.82, 2.24) is 14.9 Å². The predicted molar refractivity (Wildman–Crippen MR) is 130 cm³/mol. The molecule has 0 spiro atoms. The molecule has 172 valence electrons. The van der Waals surface area contributed by atoms with E-state index < -0.39 is 0 Å². The van der Waals surface area contributed by atoms with Crippen molar-refractivity contribution >= 4 is 29.0 Å². The molecule has 2 aromatic heterocycles. The topological polar surface area (TPSA) is 84.4 Å². The Hall–Kier alpha value is -3.26. The van der Waals surface area contributed by atoms with E-state index >= 15 is 0 Å². The molecular formula is C25H28N4O3S. The minimum absolute atomic E-state index is 0.105. The van der Waals surface area contributed by atoms with Crippen LogP contribution in [0.15, 0.2) is 48.0 Å². The number of anilines is 1. The molecule has 1 N–H and O–H groups in total. The quantitative estimate of drug-likeness (QED) is 0.567. The van der Waals surface area contributed by atoms with Gasteiger partial charge in [0.15, 0.2) is 0 Å². The molecule has 4 rings (SSSR count). The molecule has 1 fully saturated rings. The molecule has 2 amide bonds. The van der Waals surface area contributed by atoms with Gasteiger partial charge in [0.05, 0.1) is 12.0 Å². The van der Waals surface area contributed by atoms with Crippen molar-refractivity contribution in [2.75, 3.05) is 18.4 Å². The molecular weight excluding hydrogens is 436 g/mol.